The monoisotopic (exact) mass is 394 g/mol. The zero-order chi connectivity index (χ0) is 17.1. The van der Waals surface area contributed by atoms with E-state index in [-0.39, 0.29) is 21.1 Å². The molecule has 3 N–H and O–H groups in total. The molecule has 23 heavy (non-hydrogen) atoms. The van der Waals surface area contributed by atoms with E-state index in [1.165, 1.54) is 0 Å². The van der Waals surface area contributed by atoms with Gasteiger partial charge in [-0.2, -0.15) is 17.7 Å². The van der Waals surface area contributed by atoms with Gasteiger partial charge in [0.15, 0.2) is 0 Å². The molecule has 119 valence electrons. The van der Waals surface area contributed by atoms with Crippen LogP contribution in [0.5, 0.6) is 0 Å². The van der Waals surface area contributed by atoms with Gasteiger partial charge in [0.1, 0.15) is 6.29 Å². The first kappa shape index (κ1) is 25.8. The van der Waals surface area contributed by atoms with E-state index in [4.69, 9.17) is 5.84 Å². The van der Waals surface area contributed by atoms with Crippen LogP contribution in [0.15, 0.2) is 67.0 Å². The van der Waals surface area contributed by atoms with Gasteiger partial charge in [0, 0.05) is 18.3 Å². The topological polar surface area (TPSA) is 96.8 Å². The van der Waals surface area contributed by atoms with Crippen molar-refractivity contribution < 1.29 is 30.7 Å². The second kappa shape index (κ2) is 22.1. The average Bonchev–Trinajstić information content (AvgIpc) is 2.60. The Morgan fingerprint density at radius 1 is 1.22 bits per heavy atom. The van der Waals surface area contributed by atoms with Gasteiger partial charge in [-0.3, -0.25) is 4.98 Å². The molecule has 2 aromatic rings. The van der Waals surface area contributed by atoms with Crippen LogP contribution in [-0.4, -0.2) is 17.6 Å². The SMILES string of the molecule is O=CCc1ccccn1.O=[C-]c1ccccc1.[CH-]=C=C.[Mo+3].[NH-]N. The zero-order valence-corrected chi connectivity index (χ0v) is 14.5. The van der Waals surface area contributed by atoms with Crippen molar-refractivity contribution in [3.05, 3.63) is 90.7 Å². The molecule has 1 heterocycles. The van der Waals surface area contributed by atoms with E-state index < -0.39 is 0 Å². The van der Waals surface area contributed by atoms with Gasteiger partial charge >= 0.3 is 21.1 Å². The second-order valence-corrected chi connectivity index (χ2v) is 3.36. The van der Waals surface area contributed by atoms with Crippen molar-refractivity contribution in [3.63, 3.8) is 0 Å². The van der Waals surface area contributed by atoms with Crippen LogP contribution in [0.2, 0.25) is 0 Å². The van der Waals surface area contributed by atoms with Crippen LogP contribution in [0.4, 0.5) is 0 Å². The molecular weight excluding hydrogens is 374 g/mol. The molecule has 6 heteroatoms. The Morgan fingerprint density at radius 2 is 1.74 bits per heavy atom. The quantitative estimate of drug-likeness (QED) is 0.217. The third-order valence-corrected chi connectivity index (χ3v) is 1.91. The molecule has 0 saturated carbocycles. The van der Waals surface area contributed by atoms with E-state index in [0.29, 0.717) is 12.0 Å². The van der Waals surface area contributed by atoms with Gasteiger partial charge in [-0.15, -0.1) is 12.1 Å². The number of rotatable bonds is 3. The van der Waals surface area contributed by atoms with Crippen LogP contribution in [0.25, 0.3) is 5.84 Å². The molecule has 0 spiro atoms. The molecule has 0 aliphatic heterocycles. The van der Waals surface area contributed by atoms with Crippen molar-refractivity contribution in [3.8, 4) is 0 Å². The van der Waals surface area contributed by atoms with Gasteiger partial charge in [-0.25, -0.2) is 13.2 Å². The molecule has 5 nitrogen and oxygen atoms in total. The molecule has 0 unspecified atom stereocenters. The number of nitrogens with zero attached hydrogens (tertiary/aromatic N) is 1. The number of nitrogens with one attached hydrogen (secondary N) is 1. The Kier molecular flexibility index (Phi) is 24.8. The van der Waals surface area contributed by atoms with Crippen LogP contribution in [-0.2, 0) is 37.1 Å². The number of benzene rings is 1. The largest absolute Gasteiger partial charge is 3.00 e. The number of pyridine rings is 1. The summed E-state index contributed by atoms with van der Waals surface area (Å²) in [6.45, 7) is 7.50. The minimum atomic E-state index is 0. The van der Waals surface area contributed by atoms with Crippen LogP contribution in [0, 0.1) is 6.58 Å². The van der Waals surface area contributed by atoms with Gasteiger partial charge in [0.2, 0.25) is 0 Å². The number of aldehydes is 1. The van der Waals surface area contributed by atoms with Crippen molar-refractivity contribution in [2.75, 3.05) is 0 Å². The Bertz CT molecular complexity index is 528. The Labute approximate surface area is 151 Å². The Morgan fingerprint density at radius 3 is 2.09 bits per heavy atom. The number of aromatic nitrogens is 1. The summed E-state index contributed by atoms with van der Waals surface area (Å²) in [6, 6.07) is 14.4. The van der Waals surface area contributed by atoms with Crippen molar-refractivity contribution >= 4 is 12.6 Å². The molecule has 0 amide bonds. The van der Waals surface area contributed by atoms with Crippen LogP contribution in [0.1, 0.15) is 11.3 Å². The summed E-state index contributed by atoms with van der Waals surface area (Å²) in [5.41, 5.74) is 3.43. The average molecular weight is 392 g/mol. The van der Waals surface area contributed by atoms with E-state index in [1.54, 1.807) is 36.7 Å². The Balaban J connectivity index is -0.000000265. The molecule has 0 aliphatic rings. The summed E-state index contributed by atoms with van der Waals surface area (Å²) in [7, 11) is 0. The molecule has 1 radical (unpaired) electrons. The van der Waals surface area contributed by atoms with Crippen molar-refractivity contribution in [1.82, 2.24) is 4.98 Å². The number of hydrogen-bond donors (Lipinski definition) is 1. The van der Waals surface area contributed by atoms with Crippen LogP contribution >= 0.6 is 0 Å². The predicted octanol–water partition coefficient (Wildman–Crippen LogP) is 2.64. The smallest absolute Gasteiger partial charge is 0.615 e. The minimum absolute atomic E-state index is 0. The zero-order valence-electron chi connectivity index (χ0n) is 12.5. The van der Waals surface area contributed by atoms with Gasteiger partial charge in [0.05, 0.1) is 6.29 Å². The normalized spacial score (nSPS) is 7.04. The molecule has 0 saturated heterocycles. The fraction of sp³-hybridized carbons (Fsp3) is 0.0588. The summed E-state index contributed by atoms with van der Waals surface area (Å²) in [4.78, 5) is 23.8. The van der Waals surface area contributed by atoms with Gasteiger partial charge < -0.3 is 27.0 Å². The summed E-state index contributed by atoms with van der Waals surface area (Å²) >= 11 is 0. The number of carbonyl (C=O) groups is 1. The van der Waals surface area contributed by atoms with Gasteiger partial charge in [-0.1, -0.05) is 12.1 Å². The molecule has 0 aliphatic carbocycles. The molecule has 0 fully saturated rings. The second-order valence-electron chi connectivity index (χ2n) is 3.36. The number of hydrogen-bond acceptors (Lipinski definition) is 4. The summed E-state index contributed by atoms with van der Waals surface area (Å²) in [5, 5.41) is 0. The first-order valence-corrected chi connectivity index (χ1v) is 6.06. The van der Waals surface area contributed by atoms with Crippen molar-refractivity contribution in [2.24, 2.45) is 5.84 Å². The fourth-order valence-corrected chi connectivity index (χ4v) is 1.11. The van der Waals surface area contributed by atoms with E-state index in [2.05, 4.69) is 24.0 Å². The van der Waals surface area contributed by atoms with E-state index >= 15 is 0 Å². The van der Waals surface area contributed by atoms with E-state index in [0.717, 1.165) is 12.0 Å². The predicted molar refractivity (Wildman–Crippen MR) is 87.2 cm³/mol. The van der Waals surface area contributed by atoms with Crippen LogP contribution in [0.3, 0.4) is 0 Å². The summed E-state index contributed by atoms with van der Waals surface area (Å²) in [6.07, 6.45) is 4.72. The molecule has 0 bridgehead atoms. The first-order valence-electron chi connectivity index (χ1n) is 6.06. The van der Waals surface area contributed by atoms with Gasteiger partial charge in [0.25, 0.3) is 0 Å². The Hall–Kier alpha value is -2.16. The van der Waals surface area contributed by atoms with E-state index in [9.17, 15) is 9.59 Å². The number of carbonyl (C=O) groups excluding carboxylic acids is 2. The fourth-order valence-electron chi connectivity index (χ4n) is 1.11. The number of nitrogens with two attached hydrogens (primary N) is 1. The first-order chi connectivity index (χ1) is 10.8. The maximum absolute atomic E-state index is 9.93. The molecule has 0 atom stereocenters. The van der Waals surface area contributed by atoms with Gasteiger partial charge in [-0.05, 0) is 12.1 Å². The molecule has 1 aromatic carbocycles. The summed E-state index contributed by atoms with van der Waals surface area (Å²) in [5.74, 6) is 9.00. The maximum Gasteiger partial charge on any atom is 3.00 e. The standard InChI is InChI=1S/C7H7NO.C7H5O.C3H3.Mo.H3N2/c9-6-4-7-3-1-2-5-8-7;8-6-7-4-2-1-3-5-7;1-3-2;;1-2/h1-3,5-6H,4H2;1-5H;1H,2H2;;1H,2H2/q;2*-1;+3;-1. The van der Waals surface area contributed by atoms with Crippen molar-refractivity contribution in [2.45, 2.75) is 6.42 Å². The molecular formula is C17H18MoN3O2. The molecule has 2 rings (SSSR count). The third-order valence-electron chi connectivity index (χ3n) is 1.91. The third kappa shape index (κ3) is 17.8. The summed E-state index contributed by atoms with van der Waals surface area (Å²) < 4.78 is 0. The van der Waals surface area contributed by atoms with Crippen LogP contribution < -0.4 is 5.84 Å². The molecule has 1 aromatic heterocycles. The van der Waals surface area contributed by atoms with Crippen molar-refractivity contribution in [1.29, 1.82) is 0 Å². The van der Waals surface area contributed by atoms with E-state index in [1.807, 2.05) is 30.0 Å². The minimum Gasteiger partial charge on any atom is -0.615 e. The maximum atomic E-state index is 9.93.